The highest BCUT2D eigenvalue weighted by Crippen LogP contribution is 2.34. The van der Waals surface area contributed by atoms with Crippen molar-refractivity contribution in [1.82, 2.24) is 9.80 Å². The third-order valence-corrected chi connectivity index (χ3v) is 8.62. The fourth-order valence-corrected chi connectivity index (χ4v) is 5.91. The van der Waals surface area contributed by atoms with Crippen molar-refractivity contribution < 1.29 is 19.2 Å². The summed E-state index contributed by atoms with van der Waals surface area (Å²) in [6.45, 7) is 5.48. The molecule has 2 aliphatic heterocycles. The molecule has 1 N–H and O–H groups in total. The Morgan fingerprint density at radius 1 is 0.739 bits per heavy atom. The Balaban J connectivity index is 1.18. The van der Waals surface area contributed by atoms with Gasteiger partial charge in [-0.3, -0.25) is 19.2 Å². The van der Waals surface area contributed by atoms with Crippen LogP contribution in [0.2, 0.25) is 0 Å². The molecule has 1 saturated heterocycles. The van der Waals surface area contributed by atoms with Gasteiger partial charge in [0, 0.05) is 56.0 Å². The maximum absolute atomic E-state index is 13.8. The van der Waals surface area contributed by atoms with E-state index in [0.717, 1.165) is 29.8 Å². The third-order valence-electron chi connectivity index (χ3n) is 8.62. The molecule has 0 aliphatic carbocycles. The van der Waals surface area contributed by atoms with Gasteiger partial charge in [-0.2, -0.15) is 0 Å². The maximum Gasteiger partial charge on any atom is 0.265 e. The van der Waals surface area contributed by atoms with Crippen LogP contribution >= 0.6 is 0 Å². The fraction of sp³-hybridized carbons (Fsp3) is 0.243. The molecule has 1 fully saturated rings. The molecule has 0 bridgehead atoms. The Kier molecular flexibility index (Phi) is 8.94. The van der Waals surface area contributed by atoms with Crippen LogP contribution in [0, 0.1) is 6.92 Å². The van der Waals surface area contributed by atoms with E-state index in [2.05, 4.69) is 10.2 Å². The molecular formula is C37H37N5O4. The van der Waals surface area contributed by atoms with Gasteiger partial charge in [-0.1, -0.05) is 60.2 Å². The smallest absolute Gasteiger partial charge is 0.265 e. The molecule has 9 heteroatoms. The number of carbonyl (C=O) groups is 4. The number of nitrogens with zero attached hydrogens (tertiary/aromatic N) is 4. The van der Waals surface area contributed by atoms with Crippen molar-refractivity contribution in [3.05, 3.63) is 114 Å². The summed E-state index contributed by atoms with van der Waals surface area (Å²) >= 11 is 0. The van der Waals surface area contributed by atoms with Crippen LogP contribution in [0.3, 0.4) is 0 Å². The van der Waals surface area contributed by atoms with Gasteiger partial charge in [0.2, 0.25) is 11.8 Å². The lowest BCUT2D eigenvalue weighted by Crippen LogP contribution is -2.50. The van der Waals surface area contributed by atoms with E-state index in [1.807, 2.05) is 78.4 Å². The molecular weight excluding hydrogens is 578 g/mol. The summed E-state index contributed by atoms with van der Waals surface area (Å²) < 4.78 is 0. The zero-order valence-electron chi connectivity index (χ0n) is 26.1. The second-order valence-corrected chi connectivity index (χ2v) is 11.8. The molecule has 0 aromatic heterocycles. The van der Waals surface area contributed by atoms with Crippen molar-refractivity contribution in [3.63, 3.8) is 0 Å². The van der Waals surface area contributed by atoms with Gasteiger partial charge < -0.3 is 20.0 Å². The standard InChI is InChI=1S/C37H37N5O4/c1-26-11-13-27(14-12-26)30-7-3-4-8-31(30)36(45)38-29-17-15-28(16-18-29)37(46)42-33-10-6-5-9-32(33)41(20-19-34(42)43)25-35(44)40-23-21-39(2)22-24-40/h3-18H,19-25H2,1-2H3,(H,38,45). The molecule has 46 heavy (non-hydrogen) atoms. The van der Waals surface area contributed by atoms with Crippen molar-refractivity contribution in [3.8, 4) is 11.1 Å². The fourth-order valence-electron chi connectivity index (χ4n) is 5.91. The van der Waals surface area contributed by atoms with Gasteiger partial charge in [0.05, 0.1) is 17.9 Å². The molecule has 9 nitrogen and oxygen atoms in total. The topological polar surface area (TPSA) is 93.3 Å². The van der Waals surface area contributed by atoms with Gasteiger partial charge in [0.1, 0.15) is 0 Å². The van der Waals surface area contributed by atoms with E-state index in [0.29, 0.717) is 47.8 Å². The second kappa shape index (κ2) is 13.4. The lowest BCUT2D eigenvalue weighted by atomic mass is 9.98. The number of rotatable bonds is 6. The van der Waals surface area contributed by atoms with Gasteiger partial charge >= 0.3 is 0 Å². The van der Waals surface area contributed by atoms with E-state index in [-0.39, 0.29) is 30.7 Å². The summed E-state index contributed by atoms with van der Waals surface area (Å²) in [5.74, 6) is -1.06. The van der Waals surface area contributed by atoms with Gasteiger partial charge in [-0.25, -0.2) is 4.90 Å². The lowest BCUT2D eigenvalue weighted by molar-refractivity contribution is -0.131. The number of imide groups is 1. The van der Waals surface area contributed by atoms with Crippen LogP contribution < -0.4 is 15.1 Å². The summed E-state index contributed by atoms with van der Waals surface area (Å²) in [4.78, 5) is 60.9. The third kappa shape index (κ3) is 6.55. The number of anilines is 3. The number of fused-ring (bicyclic) bond motifs is 1. The Morgan fingerprint density at radius 3 is 2.11 bits per heavy atom. The average molecular weight is 616 g/mol. The van der Waals surface area contributed by atoms with Gasteiger partial charge in [-0.05, 0) is 67.6 Å². The molecule has 4 aromatic rings. The molecule has 0 unspecified atom stereocenters. The zero-order valence-corrected chi connectivity index (χ0v) is 26.1. The summed E-state index contributed by atoms with van der Waals surface area (Å²) in [6, 6.07) is 29.2. The molecule has 2 aliphatic rings. The number of piperazine rings is 1. The molecule has 234 valence electrons. The normalized spacial score (nSPS) is 15.3. The highest BCUT2D eigenvalue weighted by molar-refractivity contribution is 6.23. The Bertz CT molecular complexity index is 1760. The Morgan fingerprint density at radius 2 is 1.39 bits per heavy atom. The van der Waals surface area contributed by atoms with E-state index in [1.54, 1.807) is 42.5 Å². The van der Waals surface area contributed by atoms with E-state index < -0.39 is 5.91 Å². The molecule has 2 heterocycles. The van der Waals surface area contributed by atoms with Crippen molar-refractivity contribution in [2.75, 3.05) is 61.4 Å². The first-order chi connectivity index (χ1) is 22.3. The predicted octanol–water partition coefficient (Wildman–Crippen LogP) is 5.07. The van der Waals surface area contributed by atoms with E-state index >= 15 is 0 Å². The van der Waals surface area contributed by atoms with Gasteiger partial charge in [0.15, 0.2) is 0 Å². The van der Waals surface area contributed by atoms with Crippen LogP contribution in [0.25, 0.3) is 11.1 Å². The number of carbonyl (C=O) groups excluding carboxylic acids is 4. The second-order valence-electron chi connectivity index (χ2n) is 11.8. The van der Waals surface area contributed by atoms with E-state index in [4.69, 9.17) is 0 Å². The average Bonchev–Trinajstić information content (AvgIpc) is 3.21. The summed E-state index contributed by atoms with van der Waals surface area (Å²) in [7, 11) is 2.04. The van der Waals surface area contributed by atoms with Gasteiger partial charge in [-0.15, -0.1) is 0 Å². The van der Waals surface area contributed by atoms with Crippen LogP contribution in [-0.2, 0) is 9.59 Å². The highest BCUT2D eigenvalue weighted by Gasteiger charge is 2.33. The number of benzene rings is 4. The monoisotopic (exact) mass is 615 g/mol. The van der Waals surface area contributed by atoms with Crippen molar-refractivity contribution in [2.24, 2.45) is 0 Å². The van der Waals surface area contributed by atoms with Crippen LogP contribution in [-0.4, -0.2) is 79.7 Å². The summed E-state index contributed by atoms with van der Waals surface area (Å²) in [6.07, 6.45) is 0.0883. The number of nitrogens with one attached hydrogen (secondary N) is 1. The summed E-state index contributed by atoms with van der Waals surface area (Å²) in [5.41, 5.74) is 5.39. The zero-order chi connectivity index (χ0) is 32.2. The Hall–Kier alpha value is -5.28. The van der Waals surface area contributed by atoms with Crippen LogP contribution in [0.15, 0.2) is 97.1 Å². The van der Waals surface area contributed by atoms with Crippen molar-refractivity contribution >= 4 is 40.7 Å². The lowest BCUT2D eigenvalue weighted by Gasteiger charge is -2.34. The van der Waals surface area contributed by atoms with E-state index in [9.17, 15) is 19.2 Å². The van der Waals surface area contributed by atoms with E-state index in [1.165, 1.54) is 4.90 Å². The first-order valence-electron chi connectivity index (χ1n) is 15.5. The number of aryl methyl sites for hydroxylation is 1. The van der Waals surface area contributed by atoms with Crippen LogP contribution in [0.1, 0.15) is 32.7 Å². The number of hydrogen-bond donors (Lipinski definition) is 1. The first kappa shape index (κ1) is 30.7. The molecule has 0 atom stereocenters. The highest BCUT2D eigenvalue weighted by atomic mass is 16.2. The van der Waals surface area contributed by atoms with Crippen molar-refractivity contribution in [1.29, 1.82) is 0 Å². The first-order valence-corrected chi connectivity index (χ1v) is 15.5. The SMILES string of the molecule is Cc1ccc(-c2ccccc2C(=O)Nc2ccc(C(=O)N3C(=O)CCN(CC(=O)N4CCN(C)CC4)c4ccccc43)cc2)cc1. The largest absolute Gasteiger partial charge is 0.360 e. The van der Waals surface area contributed by atoms with Crippen molar-refractivity contribution in [2.45, 2.75) is 13.3 Å². The molecule has 0 radical (unpaired) electrons. The minimum atomic E-state index is -0.465. The molecule has 0 spiro atoms. The maximum atomic E-state index is 13.8. The molecule has 4 amide bonds. The minimum Gasteiger partial charge on any atom is -0.360 e. The predicted molar refractivity (Wildman–Crippen MR) is 180 cm³/mol. The summed E-state index contributed by atoms with van der Waals surface area (Å²) in [5, 5.41) is 2.94. The number of amides is 4. The van der Waals surface area contributed by atoms with Crippen LogP contribution in [0.5, 0.6) is 0 Å². The molecule has 6 rings (SSSR count). The number of likely N-dealkylation sites (N-methyl/N-ethyl adjacent to an activating group) is 1. The molecule has 4 aromatic carbocycles. The number of hydrogen-bond acceptors (Lipinski definition) is 6. The number of para-hydroxylation sites is 2. The van der Waals surface area contributed by atoms with Gasteiger partial charge in [0.25, 0.3) is 11.8 Å². The minimum absolute atomic E-state index is 0.00857. The van der Waals surface area contributed by atoms with Crippen LogP contribution in [0.4, 0.5) is 17.1 Å². The quantitative estimate of drug-likeness (QED) is 0.305. The molecule has 0 saturated carbocycles. The Labute approximate surface area is 269 Å².